The first kappa shape index (κ1) is 29.5. The number of aliphatic hydroxyl groups is 3. The predicted molar refractivity (Wildman–Crippen MR) is 134 cm³/mol. The fraction of sp³-hybridized carbons (Fsp3) is 0.786. The molecule has 2 rings (SSSR count). The third-order valence-corrected chi connectivity index (χ3v) is 7.21. The van der Waals surface area contributed by atoms with E-state index in [-0.39, 0.29) is 43.0 Å². The zero-order chi connectivity index (χ0) is 26.0. The number of carbonyl (C=O) groups excluding carboxylic acids is 2. The van der Waals surface area contributed by atoms with Crippen LogP contribution in [-0.2, 0) is 19.1 Å². The monoisotopic (exact) mass is 494 g/mol. The van der Waals surface area contributed by atoms with Crippen molar-refractivity contribution in [1.29, 1.82) is 0 Å². The largest absolute Gasteiger partial charge is 0.461 e. The Hall–Kier alpha value is -1.70. The molecule has 2 aliphatic rings. The molecule has 0 radical (unpaired) electrons. The summed E-state index contributed by atoms with van der Waals surface area (Å²) in [4.78, 5) is 25.9. The molecule has 0 unspecified atom stereocenters. The van der Waals surface area contributed by atoms with Crippen molar-refractivity contribution in [3.8, 4) is 0 Å². The average molecular weight is 495 g/mol. The van der Waals surface area contributed by atoms with Crippen LogP contribution in [0.2, 0.25) is 0 Å². The molecule has 3 N–H and O–H groups in total. The summed E-state index contributed by atoms with van der Waals surface area (Å²) in [6.45, 7) is 7.96. The maximum Gasteiger partial charge on any atom is 0.309 e. The van der Waals surface area contributed by atoms with Crippen molar-refractivity contribution in [3.63, 3.8) is 0 Å². The van der Waals surface area contributed by atoms with Crippen molar-refractivity contribution in [2.75, 3.05) is 0 Å². The van der Waals surface area contributed by atoms with Crippen LogP contribution in [0.4, 0.5) is 0 Å². The lowest BCUT2D eigenvalue weighted by molar-refractivity contribution is -0.168. The van der Waals surface area contributed by atoms with E-state index in [1.54, 1.807) is 6.08 Å². The second kappa shape index (κ2) is 14.8. The molecule has 7 atom stereocenters. The SMILES string of the molecule is CCCCC(CCCC)C(=O)O[C@H]1C[C@H](O)C=C2C=C[C@@H](C)[C@H](OC(=O)C[C@H](O)C[C@H](O)CC)[C@H]21. The molecule has 0 saturated carbocycles. The van der Waals surface area contributed by atoms with E-state index in [9.17, 15) is 24.9 Å². The molecule has 0 aliphatic heterocycles. The Morgan fingerprint density at radius 2 is 1.71 bits per heavy atom. The maximum atomic E-state index is 13.2. The third-order valence-electron chi connectivity index (χ3n) is 7.21. The van der Waals surface area contributed by atoms with Crippen LogP contribution in [0.3, 0.4) is 0 Å². The van der Waals surface area contributed by atoms with Crippen LogP contribution in [0, 0.1) is 17.8 Å². The van der Waals surface area contributed by atoms with E-state index in [0.717, 1.165) is 44.1 Å². The topological polar surface area (TPSA) is 113 Å². The molecule has 0 aromatic carbocycles. The Morgan fingerprint density at radius 1 is 1.06 bits per heavy atom. The number of hydrogen-bond acceptors (Lipinski definition) is 7. The molecular formula is C28H46O7. The smallest absolute Gasteiger partial charge is 0.309 e. The minimum absolute atomic E-state index is 0.115. The summed E-state index contributed by atoms with van der Waals surface area (Å²) in [5.41, 5.74) is 0.804. The van der Waals surface area contributed by atoms with Crippen LogP contribution in [0.25, 0.3) is 0 Å². The third kappa shape index (κ3) is 9.03. The summed E-state index contributed by atoms with van der Waals surface area (Å²) >= 11 is 0. The van der Waals surface area contributed by atoms with Crippen molar-refractivity contribution in [2.45, 2.75) is 122 Å². The Bertz CT molecular complexity index is 723. The van der Waals surface area contributed by atoms with E-state index in [1.165, 1.54) is 0 Å². The van der Waals surface area contributed by atoms with Crippen LogP contribution in [0.5, 0.6) is 0 Å². The molecule has 7 heteroatoms. The van der Waals surface area contributed by atoms with Gasteiger partial charge in [-0.05, 0) is 31.3 Å². The van der Waals surface area contributed by atoms with E-state index >= 15 is 0 Å². The lowest BCUT2D eigenvalue weighted by atomic mass is 9.73. The van der Waals surface area contributed by atoms with Gasteiger partial charge in [0, 0.05) is 12.3 Å². The van der Waals surface area contributed by atoms with Gasteiger partial charge in [0.2, 0.25) is 0 Å². The first-order valence-electron chi connectivity index (χ1n) is 13.5. The Morgan fingerprint density at radius 3 is 2.31 bits per heavy atom. The van der Waals surface area contributed by atoms with Gasteiger partial charge in [0.05, 0.1) is 36.6 Å². The first-order valence-corrected chi connectivity index (χ1v) is 13.5. The molecule has 0 heterocycles. The molecule has 0 saturated heterocycles. The number of fused-ring (bicyclic) bond motifs is 1. The first-order chi connectivity index (χ1) is 16.7. The highest BCUT2D eigenvalue weighted by Crippen LogP contribution is 2.40. The van der Waals surface area contributed by atoms with Crippen LogP contribution in [-0.4, -0.2) is 57.8 Å². The van der Waals surface area contributed by atoms with E-state index < -0.39 is 36.5 Å². The summed E-state index contributed by atoms with van der Waals surface area (Å²) in [6, 6.07) is 0. The van der Waals surface area contributed by atoms with Gasteiger partial charge >= 0.3 is 11.9 Å². The number of allylic oxidation sites excluding steroid dienone is 1. The van der Waals surface area contributed by atoms with E-state index in [1.807, 2.05) is 26.0 Å². The molecular weight excluding hydrogens is 448 g/mol. The van der Waals surface area contributed by atoms with Gasteiger partial charge in [0.25, 0.3) is 0 Å². The van der Waals surface area contributed by atoms with Crippen LogP contribution >= 0.6 is 0 Å². The molecule has 0 bridgehead atoms. The lowest BCUT2D eigenvalue weighted by Gasteiger charge is -2.42. The van der Waals surface area contributed by atoms with E-state index in [0.29, 0.717) is 6.42 Å². The minimum atomic E-state index is -0.985. The van der Waals surface area contributed by atoms with Gasteiger partial charge in [-0.15, -0.1) is 0 Å². The van der Waals surface area contributed by atoms with Crippen molar-refractivity contribution in [1.82, 2.24) is 0 Å². The number of unbranched alkanes of at least 4 members (excludes halogenated alkanes) is 2. The van der Waals surface area contributed by atoms with Crippen LogP contribution in [0.1, 0.15) is 91.9 Å². The zero-order valence-electron chi connectivity index (χ0n) is 21.9. The molecule has 2 aliphatic carbocycles. The molecule has 0 spiro atoms. The molecule has 0 aromatic rings. The number of esters is 2. The summed E-state index contributed by atoms with van der Waals surface area (Å²) in [7, 11) is 0. The quantitative estimate of drug-likeness (QED) is 0.310. The van der Waals surface area contributed by atoms with Gasteiger partial charge in [-0.25, -0.2) is 0 Å². The molecule has 0 aromatic heterocycles. The van der Waals surface area contributed by atoms with Crippen molar-refractivity contribution in [3.05, 3.63) is 23.8 Å². The zero-order valence-corrected chi connectivity index (χ0v) is 21.9. The van der Waals surface area contributed by atoms with Gasteiger partial charge in [-0.3, -0.25) is 9.59 Å². The average Bonchev–Trinajstić information content (AvgIpc) is 2.80. The van der Waals surface area contributed by atoms with Gasteiger partial charge in [-0.1, -0.05) is 71.6 Å². The molecule has 35 heavy (non-hydrogen) atoms. The maximum absolute atomic E-state index is 13.2. The lowest BCUT2D eigenvalue weighted by Crippen LogP contribution is -2.47. The second-order valence-corrected chi connectivity index (χ2v) is 10.3. The molecule has 200 valence electrons. The van der Waals surface area contributed by atoms with Gasteiger partial charge in [0.15, 0.2) is 0 Å². The molecule has 7 nitrogen and oxygen atoms in total. The summed E-state index contributed by atoms with van der Waals surface area (Å²) in [5.74, 6) is -1.44. The normalized spacial score (nSPS) is 27.7. The molecule has 0 fully saturated rings. The summed E-state index contributed by atoms with van der Waals surface area (Å²) in [6.07, 6.45) is 8.20. The van der Waals surface area contributed by atoms with Crippen LogP contribution < -0.4 is 0 Å². The number of carbonyl (C=O) groups is 2. The highest BCUT2D eigenvalue weighted by molar-refractivity contribution is 5.73. The summed E-state index contributed by atoms with van der Waals surface area (Å²) < 4.78 is 11.9. The fourth-order valence-corrected chi connectivity index (χ4v) is 5.05. The van der Waals surface area contributed by atoms with Gasteiger partial charge < -0.3 is 24.8 Å². The Balaban J connectivity index is 2.16. The summed E-state index contributed by atoms with van der Waals surface area (Å²) in [5, 5.41) is 30.4. The number of aliphatic hydroxyl groups excluding tert-OH is 3. The highest BCUT2D eigenvalue weighted by atomic mass is 16.6. The number of hydrogen-bond donors (Lipinski definition) is 3. The van der Waals surface area contributed by atoms with Crippen molar-refractivity contribution in [2.24, 2.45) is 17.8 Å². The van der Waals surface area contributed by atoms with Crippen LogP contribution in [0.15, 0.2) is 23.8 Å². The fourth-order valence-electron chi connectivity index (χ4n) is 5.05. The van der Waals surface area contributed by atoms with Gasteiger partial charge in [0.1, 0.15) is 12.2 Å². The van der Waals surface area contributed by atoms with E-state index in [4.69, 9.17) is 9.47 Å². The minimum Gasteiger partial charge on any atom is -0.461 e. The predicted octanol–water partition coefficient (Wildman–Crippen LogP) is 4.23. The van der Waals surface area contributed by atoms with Crippen molar-refractivity contribution < 1.29 is 34.4 Å². The van der Waals surface area contributed by atoms with Crippen molar-refractivity contribution >= 4 is 11.9 Å². The van der Waals surface area contributed by atoms with Gasteiger partial charge in [-0.2, -0.15) is 0 Å². The Kier molecular flexibility index (Phi) is 12.5. The molecule has 0 amide bonds. The Labute approximate surface area is 210 Å². The second-order valence-electron chi connectivity index (χ2n) is 10.3. The van der Waals surface area contributed by atoms with E-state index in [2.05, 4.69) is 13.8 Å². The standard InChI is InChI=1S/C28H46O7/c1-5-8-10-19(11-9-6-2)28(33)34-24-16-22(30)14-20-13-12-18(4)27(26(20)24)35-25(32)17-23(31)15-21(29)7-3/h12-14,18-19,21-24,26-27,29-31H,5-11,15-17H2,1-4H3/t18-,21-,22-,23-,24+,26-,27+/m1/s1. The number of rotatable bonds is 14. The highest BCUT2D eigenvalue weighted by Gasteiger charge is 2.44. The number of ether oxygens (including phenoxy) is 2.